The monoisotopic (exact) mass is 278 g/mol. The van der Waals surface area contributed by atoms with Crippen molar-refractivity contribution in [1.82, 2.24) is 10.1 Å². The summed E-state index contributed by atoms with van der Waals surface area (Å²) in [6.07, 6.45) is 0.892. The number of benzene rings is 1. The summed E-state index contributed by atoms with van der Waals surface area (Å²) in [7, 11) is 2.08. The smallest absolute Gasteiger partial charge is 0.259 e. The molecule has 1 aromatic heterocycles. The van der Waals surface area contributed by atoms with Gasteiger partial charge < -0.3 is 14.2 Å². The van der Waals surface area contributed by atoms with E-state index < -0.39 is 0 Å². The third-order valence-electron chi connectivity index (χ3n) is 3.27. The zero-order chi connectivity index (χ0) is 13.2. The summed E-state index contributed by atoms with van der Waals surface area (Å²) >= 11 is 5.85. The quantitative estimate of drug-likeness (QED) is 0.865. The predicted molar refractivity (Wildman–Crippen MR) is 72.3 cm³/mol. The van der Waals surface area contributed by atoms with Crippen molar-refractivity contribution in [3.05, 3.63) is 46.2 Å². The summed E-state index contributed by atoms with van der Waals surface area (Å²) in [6, 6.07) is 7.60. The number of fused-ring (bicyclic) bond motifs is 1. The summed E-state index contributed by atoms with van der Waals surface area (Å²) in [5, 5.41) is 4.74. The first-order chi connectivity index (χ1) is 9.22. The maximum Gasteiger partial charge on any atom is 0.259 e. The Hall–Kier alpha value is -1.52. The third-order valence-corrected chi connectivity index (χ3v) is 3.52. The Bertz CT molecular complexity index is 565. The van der Waals surface area contributed by atoms with E-state index in [1.165, 1.54) is 0 Å². The molecule has 0 atom stereocenters. The molecule has 1 aliphatic heterocycles. The number of rotatable bonds is 3. The first-order valence-corrected chi connectivity index (χ1v) is 6.63. The molecular formula is C14H15ClN2O2. The molecule has 0 aliphatic carbocycles. The third kappa shape index (κ3) is 2.74. The molecule has 0 saturated carbocycles. The Morgan fingerprint density at radius 2 is 2.16 bits per heavy atom. The maximum atomic E-state index is 5.85. The zero-order valence-electron chi connectivity index (χ0n) is 10.7. The van der Waals surface area contributed by atoms with Crippen molar-refractivity contribution < 1.29 is 9.26 Å². The lowest BCUT2D eigenvalue weighted by molar-refractivity contribution is 0.265. The fourth-order valence-corrected chi connectivity index (χ4v) is 2.29. The predicted octanol–water partition coefficient (Wildman–Crippen LogP) is 2.89. The number of aromatic nitrogens is 1. The highest BCUT2D eigenvalue weighted by molar-refractivity contribution is 6.30. The second-order valence-corrected chi connectivity index (χ2v) is 5.23. The molecule has 0 spiro atoms. The Labute approximate surface area is 116 Å². The van der Waals surface area contributed by atoms with Gasteiger partial charge in [-0.15, -0.1) is 0 Å². The van der Waals surface area contributed by atoms with Crippen LogP contribution in [0, 0.1) is 0 Å². The minimum atomic E-state index is 0.472. The van der Waals surface area contributed by atoms with Gasteiger partial charge in [0.25, 0.3) is 5.88 Å². The van der Waals surface area contributed by atoms with Crippen molar-refractivity contribution in [2.24, 2.45) is 0 Å². The van der Waals surface area contributed by atoms with Crippen molar-refractivity contribution in [3.63, 3.8) is 0 Å². The van der Waals surface area contributed by atoms with Crippen LogP contribution in [0.5, 0.6) is 5.88 Å². The molecule has 3 rings (SSSR count). The number of likely N-dealkylation sites (N-methyl/N-ethyl adjacent to an activating group) is 1. The lowest BCUT2D eigenvalue weighted by atomic mass is 10.1. The van der Waals surface area contributed by atoms with Gasteiger partial charge >= 0.3 is 0 Å². The lowest BCUT2D eigenvalue weighted by Crippen LogP contribution is -2.25. The molecule has 1 aliphatic rings. The zero-order valence-corrected chi connectivity index (χ0v) is 11.5. The van der Waals surface area contributed by atoms with Gasteiger partial charge in [0, 0.05) is 24.5 Å². The van der Waals surface area contributed by atoms with Gasteiger partial charge in [-0.1, -0.05) is 23.7 Å². The van der Waals surface area contributed by atoms with Crippen LogP contribution >= 0.6 is 11.6 Å². The van der Waals surface area contributed by atoms with Crippen molar-refractivity contribution in [2.45, 2.75) is 19.6 Å². The number of nitrogens with zero attached hydrogens (tertiary/aromatic N) is 2. The highest BCUT2D eigenvalue weighted by Crippen LogP contribution is 2.27. The van der Waals surface area contributed by atoms with E-state index in [4.69, 9.17) is 20.9 Å². The summed E-state index contributed by atoms with van der Waals surface area (Å²) in [5.74, 6) is 1.56. The van der Waals surface area contributed by atoms with Gasteiger partial charge in [-0.3, -0.25) is 0 Å². The molecule has 0 saturated heterocycles. The molecule has 5 heteroatoms. The molecule has 0 fully saturated rings. The van der Waals surface area contributed by atoms with E-state index in [1.54, 1.807) is 0 Å². The van der Waals surface area contributed by atoms with Crippen LogP contribution in [0.2, 0.25) is 5.02 Å². The molecule has 2 heterocycles. The van der Waals surface area contributed by atoms with Crippen LogP contribution in [0.3, 0.4) is 0 Å². The first-order valence-electron chi connectivity index (χ1n) is 6.25. The Morgan fingerprint density at radius 1 is 1.37 bits per heavy atom. The summed E-state index contributed by atoms with van der Waals surface area (Å²) < 4.78 is 11.1. The van der Waals surface area contributed by atoms with Crippen molar-refractivity contribution in [1.29, 1.82) is 0 Å². The maximum absolute atomic E-state index is 5.85. The second kappa shape index (κ2) is 5.23. The van der Waals surface area contributed by atoms with E-state index in [2.05, 4.69) is 17.1 Å². The Balaban J connectivity index is 1.70. The molecule has 100 valence electrons. The standard InChI is InChI=1S/C14H15ClN2O2/c1-17-7-6-13-12(8-17)14(16-19-13)18-9-10-2-4-11(15)5-3-10/h2-5H,6-9H2,1H3. The van der Waals surface area contributed by atoms with Crippen LogP contribution in [-0.4, -0.2) is 23.6 Å². The highest BCUT2D eigenvalue weighted by Gasteiger charge is 2.23. The first kappa shape index (κ1) is 12.5. The van der Waals surface area contributed by atoms with E-state index >= 15 is 0 Å². The van der Waals surface area contributed by atoms with Gasteiger partial charge in [-0.2, -0.15) is 0 Å². The largest absolute Gasteiger partial charge is 0.470 e. The van der Waals surface area contributed by atoms with Crippen LogP contribution < -0.4 is 4.74 Å². The number of ether oxygens (including phenoxy) is 1. The van der Waals surface area contributed by atoms with Crippen LogP contribution in [0.15, 0.2) is 28.8 Å². The van der Waals surface area contributed by atoms with Gasteiger partial charge in [0.2, 0.25) is 0 Å². The summed E-state index contributed by atoms with van der Waals surface area (Å²) in [4.78, 5) is 2.23. The Morgan fingerprint density at radius 3 is 2.95 bits per heavy atom. The highest BCUT2D eigenvalue weighted by atomic mass is 35.5. The van der Waals surface area contributed by atoms with Crippen molar-refractivity contribution in [3.8, 4) is 5.88 Å². The van der Waals surface area contributed by atoms with Gasteiger partial charge in [-0.25, -0.2) is 0 Å². The average Bonchev–Trinajstić information content (AvgIpc) is 2.80. The molecule has 1 aromatic carbocycles. The van der Waals surface area contributed by atoms with Crippen molar-refractivity contribution >= 4 is 11.6 Å². The average molecular weight is 279 g/mol. The molecule has 0 N–H and O–H groups in total. The minimum absolute atomic E-state index is 0.472. The summed E-state index contributed by atoms with van der Waals surface area (Å²) in [6.45, 7) is 2.30. The molecule has 0 amide bonds. The lowest BCUT2D eigenvalue weighted by Gasteiger charge is -2.20. The molecular weight excluding hydrogens is 264 g/mol. The van der Waals surface area contributed by atoms with Gasteiger partial charge in [0.1, 0.15) is 12.4 Å². The normalized spacial score (nSPS) is 15.3. The van der Waals surface area contributed by atoms with E-state index in [0.29, 0.717) is 12.5 Å². The number of hydrogen-bond acceptors (Lipinski definition) is 4. The van der Waals surface area contributed by atoms with E-state index in [9.17, 15) is 0 Å². The van der Waals surface area contributed by atoms with Crippen molar-refractivity contribution in [2.75, 3.05) is 13.6 Å². The van der Waals surface area contributed by atoms with Crippen LogP contribution in [-0.2, 0) is 19.6 Å². The van der Waals surface area contributed by atoms with Crippen LogP contribution in [0.1, 0.15) is 16.9 Å². The second-order valence-electron chi connectivity index (χ2n) is 4.79. The molecule has 2 aromatic rings. The fraction of sp³-hybridized carbons (Fsp3) is 0.357. The molecule has 19 heavy (non-hydrogen) atoms. The molecule has 4 nitrogen and oxygen atoms in total. The summed E-state index contributed by atoms with van der Waals surface area (Å²) in [5.41, 5.74) is 2.13. The van der Waals surface area contributed by atoms with E-state index in [1.807, 2.05) is 24.3 Å². The SMILES string of the molecule is CN1CCc2onc(OCc3ccc(Cl)cc3)c2C1. The topological polar surface area (TPSA) is 38.5 Å². The van der Waals surface area contributed by atoms with Gasteiger partial charge in [0.05, 0.1) is 5.56 Å². The number of hydrogen-bond donors (Lipinski definition) is 0. The van der Waals surface area contributed by atoms with Gasteiger partial charge in [-0.05, 0) is 29.9 Å². The van der Waals surface area contributed by atoms with E-state index in [-0.39, 0.29) is 0 Å². The molecule has 0 unspecified atom stereocenters. The number of halogens is 1. The van der Waals surface area contributed by atoms with Gasteiger partial charge in [0.15, 0.2) is 0 Å². The Kier molecular flexibility index (Phi) is 3.44. The molecule has 0 radical (unpaired) electrons. The van der Waals surface area contributed by atoms with Crippen LogP contribution in [0.4, 0.5) is 0 Å². The van der Waals surface area contributed by atoms with Crippen LogP contribution in [0.25, 0.3) is 0 Å². The minimum Gasteiger partial charge on any atom is -0.470 e. The fourth-order valence-electron chi connectivity index (χ4n) is 2.17. The molecule has 0 bridgehead atoms. The van der Waals surface area contributed by atoms with E-state index in [0.717, 1.165) is 41.4 Å².